The molecule has 0 amide bonds. The highest BCUT2D eigenvalue weighted by Crippen LogP contribution is 2.19. The van der Waals surface area contributed by atoms with Gasteiger partial charge in [-0.15, -0.1) is 0 Å². The van der Waals surface area contributed by atoms with Crippen molar-refractivity contribution in [1.29, 1.82) is 0 Å². The molecule has 4 nitrogen and oxygen atoms in total. The summed E-state index contributed by atoms with van der Waals surface area (Å²) in [6.45, 7) is 0.107. The summed E-state index contributed by atoms with van der Waals surface area (Å²) in [5.74, 6) is 1.64. The molecule has 2 aromatic heterocycles. The van der Waals surface area contributed by atoms with Gasteiger partial charge in [-0.1, -0.05) is 0 Å². The van der Waals surface area contributed by atoms with Gasteiger partial charge in [0.15, 0.2) is 0 Å². The van der Waals surface area contributed by atoms with Crippen molar-refractivity contribution in [2.75, 3.05) is 13.7 Å². The summed E-state index contributed by atoms with van der Waals surface area (Å²) in [7, 11) is 1.63. The molecule has 0 atom stereocenters. The third-order valence-electron chi connectivity index (χ3n) is 2.16. The molecule has 0 radical (unpaired) electrons. The Labute approximate surface area is 81.8 Å². The van der Waals surface area contributed by atoms with Crippen molar-refractivity contribution in [2.45, 2.75) is 6.42 Å². The zero-order valence-corrected chi connectivity index (χ0v) is 7.97. The Morgan fingerprint density at radius 1 is 1.57 bits per heavy atom. The van der Waals surface area contributed by atoms with Crippen LogP contribution in [0.15, 0.2) is 24.5 Å². The predicted octanol–water partition coefficient (Wildman–Crippen LogP) is 0.878. The molecule has 0 spiro atoms. The van der Waals surface area contributed by atoms with Crippen LogP contribution in [-0.2, 0) is 6.42 Å². The number of pyridine rings is 1. The SMILES string of the molecule is COc1cccn2c(CCO)ncc12. The van der Waals surface area contributed by atoms with E-state index < -0.39 is 0 Å². The van der Waals surface area contributed by atoms with Crippen LogP contribution in [0.3, 0.4) is 0 Å². The molecule has 2 heterocycles. The lowest BCUT2D eigenvalue weighted by atomic mass is 10.4. The third kappa shape index (κ3) is 1.33. The van der Waals surface area contributed by atoms with Gasteiger partial charge in [0.25, 0.3) is 0 Å². The molecule has 0 aliphatic rings. The maximum absolute atomic E-state index is 8.84. The molecule has 74 valence electrons. The highest BCUT2D eigenvalue weighted by molar-refractivity contribution is 5.59. The molecule has 4 heteroatoms. The van der Waals surface area contributed by atoms with Crippen LogP contribution in [0.2, 0.25) is 0 Å². The van der Waals surface area contributed by atoms with E-state index in [1.54, 1.807) is 13.3 Å². The Bertz CT molecular complexity index is 437. The average molecular weight is 192 g/mol. The van der Waals surface area contributed by atoms with Crippen LogP contribution < -0.4 is 4.74 Å². The van der Waals surface area contributed by atoms with E-state index in [4.69, 9.17) is 9.84 Å². The number of hydrogen-bond acceptors (Lipinski definition) is 3. The molecule has 2 aromatic rings. The average Bonchev–Trinajstić information content (AvgIpc) is 2.62. The largest absolute Gasteiger partial charge is 0.494 e. The van der Waals surface area contributed by atoms with Crippen LogP contribution in [0.5, 0.6) is 5.75 Å². The first-order chi connectivity index (χ1) is 6.86. The zero-order valence-electron chi connectivity index (χ0n) is 7.97. The van der Waals surface area contributed by atoms with E-state index >= 15 is 0 Å². The molecule has 0 bridgehead atoms. The normalized spacial score (nSPS) is 10.7. The van der Waals surface area contributed by atoms with Crippen molar-refractivity contribution in [3.8, 4) is 5.75 Å². The number of aromatic nitrogens is 2. The summed E-state index contributed by atoms with van der Waals surface area (Å²) in [5.41, 5.74) is 0.929. The molecule has 0 saturated heterocycles. The van der Waals surface area contributed by atoms with E-state index in [1.807, 2.05) is 22.7 Å². The zero-order chi connectivity index (χ0) is 9.97. The van der Waals surface area contributed by atoms with Gasteiger partial charge >= 0.3 is 0 Å². The van der Waals surface area contributed by atoms with E-state index in [-0.39, 0.29) is 6.61 Å². The van der Waals surface area contributed by atoms with Crippen molar-refractivity contribution in [3.63, 3.8) is 0 Å². The van der Waals surface area contributed by atoms with Gasteiger partial charge in [0.1, 0.15) is 17.1 Å². The summed E-state index contributed by atoms with van der Waals surface area (Å²) in [6, 6.07) is 3.79. The number of nitrogens with zero attached hydrogens (tertiary/aromatic N) is 2. The maximum atomic E-state index is 8.84. The second-order valence-corrected chi connectivity index (χ2v) is 2.98. The highest BCUT2D eigenvalue weighted by Gasteiger charge is 2.05. The molecule has 0 aliphatic carbocycles. The van der Waals surface area contributed by atoms with Gasteiger partial charge in [0.2, 0.25) is 0 Å². The first-order valence-corrected chi connectivity index (χ1v) is 4.46. The number of fused-ring (bicyclic) bond motifs is 1. The van der Waals surface area contributed by atoms with Gasteiger partial charge in [0.05, 0.1) is 19.9 Å². The fourth-order valence-corrected chi connectivity index (χ4v) is 1.51. The van der Waals surface area contributed by atoms with Gasteiger partial charge in [-0.3, -0.25) is 0 Å². The highest BCUT2D eigenvalue weighted by atomic mass is 16.5. The van der Waals surface area contributed by atoms with E-state index in [0.29, 0.717) is 6.42 Å². The van der Waals surface area contributed by atoms with Crippen molar-refractivity contribution in [3.05, 3.63) is 30.4 Å². The first kappa shape index (κ1) is 9.02. The number of aliphatic hydroxyl groups is 1. The minimum atomic E-state index is 0.107. The van der Waals surface area contributed by atoms with Crippen molar-refractivity contribution < 1.29 is 9.84 Å². The van der Waals surface area contributed by atoms with Crippen LogP contribution in [-0.4, -0.2) is 28.2 Å². The molecule has 14 heavy (non-hydrogen) atoms. The Hall–Kier alpha value is -1.55. The maximum Gasteiger partial charge on any atom is 0.144 e. The third-order valence-corrected chi connectivity index (χ3v) is 2.16. The molecule has 0 aromatic carbocycles. The van der Waals surface area contributed by atoms with E-state index in [2.05, 4.69) is 4.98 Å². The smallest absolute Gasteiger partial charge is 0.144 e. The van der Waals surface area contributed by atoms with E-state index in [0.717, 1.165) is 17.1 Å². The summed E-state index contributed by atoms with van der Waals surface area (Å²) >= 11 is 0. The summed E-state index contributed by atoms with van der Waals surface area (Å²) in [5, 5.41) is 8.84. The van der Waals surface area contributed by atoms with E-state index in [1.165, 1.54) is 0 Å². The number of hydrogen-bond donors (Lipinski definition) is 1. The monoisotopic (exact) mass is 192 g/mol. The van der Waals surface area contributed by atoms with Crippen molar-refractivity contribution >= 4 is 5.52 Å². The fraction of sp³-hybridized carbons (Fsp3) is 0.300. The van der Waals surface area contributed by atoms with Gasteiger partial charge in [-0.05, 0) is 12.1 Å². The molecular formula is C10H12N2O2. The number of imidazole rings is 1. The van der Waals surface area contributed by atoms with E-state index in [9.17, 15) is 0 Å². The number of methoxy groups -OCH3 is 1. The summed E-state index contributed by atoms with van der Waals surface area (Å²) < 4.78 is 7.12. The quantitative estimate of drug-likeness (QED) is 0.785. The van der Waals surface area contributed by atoms with Gasteiger partial charge in [0, 0.05) is 12.6 Å². The molecule has 0 saturated carbocycles. The fourth-order valence-electron chi connectivity index (χ4n) is 1.51. The minimum absolute atomic E-state index is 0.107. The lowest BCUT2D eigenvalue weighted by Gasteiger charge is -2.03. The molecule has 0 aliphatic heterocycles. The van der Waals surface area contributed by atoms with Crippen LogP contribution in [0.4, 0.5) is 0 Å². The predicted molar refractivity (Wildman–Crippen MR) is 52.5 cm³/mol. The van der Waals surface area contributed by atoms with Crippen molar-refractivity contribution in [1.82, 2.24) is 9.38 Å². The Morgan fingerprint density at radius 3 is 3.14 bits per heavy atom. The van der Waals surface area contributed by atoms with Crippen LogP contribution in [0, 0.1) is 0 Å². The Kier molecular flexibility index (Phi) is 2.37. The first-order valence-electron chi connectivity index (χ1n) is 4.46. The lowest BCUT2D eigenvalue weighted by Crippen LogP contribution is -1.98. The van der Waals surface area contributed by atoms with Crippen LogP contribution >= 0.6 is 0 Å². The summed E-state index contributed by atoms with van der Waals surface area (Å²) in [4.78, 5) is 4.22. The molecule has 0 unspecified atom stereocenters. The van der Waals surface area contributed by atoms with Crippen LogP contribution in [0.25, 0.3) is 5.52 Å². The second kappa shape index (κ2) is 3.67. The number of ether oxygens (including phenoxy) is 1. The summed E-state index contributed by atoms with van der Waals surface area (Å²) in [6.07, 6.45) is 4.22. The van der Waals surface area contributed by atoms with Gasteiger partial charge in [-0.25, -0.2) is 4.98 Å². The van der Waals surface area contributed by atoms with Gasteiger partial charge < -0.3 is 14.2 Å². The number of rotatable bonds is 3. The second-order valence-electron chi connectivity index (χ2n) is 2.98. The lowest BCUT2D eigenvalue weighted by molar-refractivity contribution is 0.296. The van der Waals surface area contributed by atoms with Crippen LogP contribution in [0.1, 0.15) is 5.82 Å². The topological polar surface area (TPSA) is 46.8 Å². The molecule has 0 fully saturated rings. The Balaban J connectivity index is 2.57. The standard InChI is InChI=1S/C10H12N2O2/c1-14-9-3-2-5-12-8(9)7-11-10(12)4-6-13/h2-3,5,7,13H,4,6H2,1H3. The van der Waals surface area contributed by atoms with Gasteiger partial charge in [-0.2, -0.15) is 0 Å². The molecular weight excluding hydrogens is 180 g/mol. The minimum Gasteiger partial charge on any atom is -0.494 e. The molecule has 1 N–H and O–H groups in total. The van der Waals surface area contributed by atoms with Crippen molar-refractivity contribution in [2.24, 2.45) is 0 Å². The number of aliphatic hydroxyl groups excluding tert-OH is 1. The molecule has 2 rings (SSSR count). The Morgan fingerprint density at radius 2 is 2.43 bits per heavy atom.